The average molecular weight is 413 g/mol. The molecular formula is C11H13I2N. The molecule has 1 nitrogen and oxygen atoms in total. The van der Waals surface area contributed by atoms with Crippen molar-refractivity contribution in [1.29, 1.82) is 0 Å². The largest absolute Gasteiger partial charge is 0.310 e. The molecule has 0 bridgehead atoms. The number of piperidine rings is 1. The van der Waals surface area contributed by atoms with E-state index in [-0.39, 0.29) is 0 Å². The van der Waals surface area contributed by atoms with E-state index in [1.165, 1.54) is 38.5 Å². The van der Waals surface area contributed by atoms with E-state index < -0.39 is 0 Å². The second kappa shape index (κ2) is 5.12. The molecule has 1 atom stereocenters. The van der Waals surface area contributed by atoms with Gasteiger partial charge in [-0.3, -0.25) is 0 Å². The Morgan fingerprint density at radius 1 is 1.21 bits per heavy atom. The molecular weight excluding hydrogens is 400 g/mol. The molecule has 1 aliphatic rings. The SMILES string of the molecule is Ic1ccc(I)c([C@H]2CCCCN2)c1. The minimum absolute atomic E-state index is 0.588. The highest BCUT2D eigenvalue weighted by atomic mass is 127. The molecule has 0 aromatic heterocycles. The van der Waals surface area contributed by atoms with Crippen LogP contribution in [0.2, 0.25) is 0 Å². The summed E-state index contributed by atoms with van der Waals surface area (Å²) < 4.78 is 2.73. The Kier molecular flexibility index (Phi) is 4.07. The van der Waals surface area contributed by atoms with E-state index in [1.807, 2.05) is 0 Å². The Morgan fingerprint density at radius 3 is 2.79 bits per heavy atom. The van der Waals surface area contributed by atoms with Crippen LogP contribution in [-0.4, -0.2) is 6.54 Å². The van der Waals surface area contributed by atoms with E-state index in [2.05, 4.69) is 68.7 Å². The lowest BCUT2D eigenvalue weighted by molar-refractivity contribution is 0.411. The number of benzene rings is 1. The lowest BCUT2D eigenvalue weighted by Crippen LogP contribution is -2.27. The van der Waals surface area contributed by atoms with Gasteiger partial charge in [0.25, 0.3) is 0 Å². The van der Waals surface area contributed by atoms with Gasteiger partial charge in [-0.2, -0.15) is 0 Å². The zero-order valence-corrected chi connectivity index (χ0v) is 12.2. The van der Waals surface area contributed by atoms with Crippen molar-refractivity contribution in [2.75, 3.05) is 6.54 Å². The van der Waals surface area contributed by atoms with Crippen LogP contribution >= 0.6 is 45.2 Å². The second-order valence-electron chi connectivity index (χ2n) is 3.67. The third-order valence-electron chi connectivity index (χ3n) is 2.64. The fourth-order valence-corrected chi connectivity index (χ4v) is 3.13. The molecule has 76 valence electrons. The van der Waals surface area contributed by atoms with Crippen LogP contribution in [0.3, 0.4) is 0 Å². The molecule has 0 unspecified atom stereocenters. The van der Waals surface area contributed by atoms with Gasteiger partial charge in [-0.25, -0.2) is 0 Å². The third kappa shape index (κ3) is 2.61. The van der Waals surface area contributed by atoms with Gasteiger partial charge in [-0.1, -0.05) is 6.42 Å². The third-order valence-corrected chi connectivity index (χ3v) is 4.30. The van der Waals surface area contributed by atoms with Crippen LogP contribution in [0.1, 0.15) is 30.9 Å². The topological polar surface area (TPSA) is 12.0 Å². The van der Waals surface area contributed by atoms with Crippen molar-refractivity contribution < 1.29 is 0 Å². The molecule has 2 rings (SSSR count). The highest BCUT2D eigenvalue weighted by molar-refractivity contribution is 14.1. The Labute approximate surface area is 112 Å². The van der Waals surface area contributed by atoms with Crippen LogP contribution in [0.15, 0.2) is 18.2 Å². The van der Waals surface area contributed by atoms with Crippen LogP contribution in [-0.2, 0) is 0 Å². The van der Waals surface area contributed by atoms with Gasteiger partial charge in [0.05, 0.1) is 0 Å². The Hall–Kier alpha value is 0.640. The first kappa shape index (κ1) is 11.1. The van der Waals surface area contributed by atoms with Gasteiger partial charge in [-0.05, 0) is 88.3 Å². The van der Waals surface area contributed by atoms with Crippen molar-refractivity contribution in [2.24, 2.45) is 0 Å². The van der Waals surface area contributed by atoms with Crippen LogP contribution in [0.5, 0.6) is 0 Å². The van der Waals surface area contributed by atoms with Crippen LogP contribution < -0.4 is 5.32 Å². The predicted molar refractivity (Wildman–Crippen MR) is 76.5 cm³/mol. The standard InChI is InChI=1S/C11H13I2N/c12-8-4-5-10(13)9(7-8)11-3-1-2-6-14-11/h4-5,7,11,14H,1-3,6H2/t11-/m1/s1. The molecule has 0 saturated carbocycles. The first-order valence-electron chi connectivity index (χ1n) is 4.96. The summed E-state index contributed by atoms with van der Waals surface area (Å²) in [6, 6.07) is 7.29. The van der Waals surface area contributed by atoms with E-state index in [4.69, 9.17) is 0 Å². The molecule has 1 saturated heterocycles. The highest BCUT2D eigenvalue weighted by Crippen LogP contribution is 2.28. The molecule has 3 heteroatoms. The normalized spacial score (nSPS) is 22.3. The van der Waals surface area contributed by atoms with E-state index in [9.17, 15) is 0 Å². The predicted octanol–water partition coefficient (Wildman–Crippen LogP) is 3.71. The fourth-order valence-electron chi connectivity index (χ4n) is 1.90. The molecule has 1 heterocycles. The molecule has 0 spiro atoms. The number of hydrogen-bond acceptors (Lipinski definition) is 1. The van der Waals surface area contributed by atoms with Gasteiger partial charge < -0.3 is 5.32 Å². The number of nitrogens with one attached hydrogen (secondary N) is 1. The molecule has 14 heavy (non-hydrogen) atoms. The molecule has 1 fully saturated rings. The first-order valence-corrected chi connectivity index (χ1v) is 7.11. The van der Waals surface area contributed by atoms with E-state index in [0.29, 0.717) is 6.04 Å². The number of rotatable bonds is 1. The lowest BCUT2D eigenvalue weighted by Gasteiger charge is -2.24. The Bertz CT molecular complexity index is 319. The Morgan fingerprint density at radius 2 is 2.07 bits per heavy atom. The summed E-state index contributed by atoms with van der Waals surface area (Å²) >= 11 is 4.82. The summed E-state index contributed by atoms with van der Waals surface area (Å²) in [7, 11) is 0. The smallest absolute Gasteiger partial charge is 0.0331 e. The molecule has 0 radical (unpaired) electrons. The zero-order valence-electron chi connectivity index (χ0n) is 7.89. The highest BCUT2D eigenvalue weighted by Gasteiger charge is 2.16. The molecule has 1 aromatic carbocycles. The van der Waals surface area contributed by atoms with Crippen LogP contribution in [0.4, 0.5) is 0 Å². The minimum Gasteiger partial charge on any atom is -0.310 e. The maximum Gasteiger partial charge on any atom is 0.0331 e. The summed E-state index contributed by atoms with van der Waals surface area (Å²) in [4.78, 5) is 0. The molecule has 1 aromatic rings. The first-order chi connectivity index (χ1) is 6.77. The van der Waals surface area contributed by atoms with Crippen molar-refractivity contribution in [3.63, 3.8) is 0 Å². The van der Waals surface area contributed by atoms with Gasteiger partial charge in [0.2, 0.25) is 0 Å². The van der Waals surface area contributed by atoms with Crippen molar-refractivity contribution in [3.05, 3.63) is 30.9 Å². The summed E-state index contributed by atoms with van der Waals surface area (Å²) in [6.45, 7) is 1.17. The Balaban J connectivity index is 2.24. The van der Waals surface area contributed by atoms with Crippen LogP contribution in [0, 0.1) is 7.14 Å². The van der Waals surface area contributed by atoms with Crippen LogP contribution in [0.25, 0.3) is 0 Å². The summed E-state index contributed by atoms with van der Waals surface area (Å²) in [5.41, 5.74) is 1.48. The number of hydrogen-bond donors (Lipinski definition) is 1. The quantitative estimate of drug-likeness (QED) is 0.693. The molecule has 1 aliphatic heterocycles. The maximum atomic E-state index is 3.60. The van der Waals surface area contributed by atoms with E-state index in [0.717, 1.165) is 0 Å². The molecule has 0 amide bonds. The molecule has 0 aliphatic carbocycles. The van der Waals surface area contributed by atoms with Gasteiger partial charge in [0.1, 0.15) is 0 Å². The maximum absolute atomic E-state index is 3.60. The van der Waals surface area contributed by atoms with Crippen molar-refractivity contribution >= 4 is 45.2 Å². The zero-order chi connectivity index (χ0) is 9.97. The number of halogens is 2. The van der Waals surface area contributed by atoms with Gasteiger partial charge in [0, 0.05) is 13.2 Å². The van der Waals surface area contributed by atoms with Gasteiger partial charge >= 0.3 is 0 Å². The minimum atomic E-state index is 0.588. The van der Waals surface area contributed by atoms with Crippen molar-refractivity contribution in [1.82, 2.24) is 5.32 Å². The van der Waals surface area contributed by atoms with Crippen molar-refractivity contribution in [2.45, 2.75) is 25.3 Å². The average Bonchev–Trinajstić information content (AvgIpc) is 2.23. The van der Waals surface area contributed by atoms with E-state index >= 15 is 0 Å². The molecule has 1 N–H and O–H groups in total. The fraction of sp³-hybridized carbons (Fsp3) is 0.455. The monoisotopic (exact) mass is 413 g/mol. The van der Waals surface area contributed by atoms with Crippen molar-refractivity contribution in [3.8, 4) is 0 Å². The van der Waals surface area contributed by atoms with Gasteiger partial charge in [0.15, 0.2) is 0 Å². The van der Waals surface area contributed by atoms with Gasteiger partial charge in [-0.15, -0.1) is 0 Å². The lowest BCUT2D eigenvalue weighted by atomic mass is 9.98. The second-order valence-corrected chi connectivity index (χ2v) is 6.08. The summed E-state index contributed by atoms with van der Waals surface area (Å²) in [5, 5.41) is 3.60. The summed E-state index contributed by atoms with van der Waals surface area (Å²) in [6.07, 6.45) is 3.98. The summed E-state index contributed by atoms with van der Waals surface area (Å²) in [5.74, 6) is 0. The van der Waals surface area contributed by atoms with E-state index in [1.54, 1.807) is 0 Å².